The third kappa shape index (κ3) is 4.01. The van der Waals surface area contributed by atoms with Crippen LogP contribution in [0.1, 0.15) is 12.8 Å². The molecule has 0 radical (unpaired) electrons. The molecule has 2 heterocycles. The number of H-pyrrole nitrogens is 2. The van der Waals surface area contributed by atoms with Crippen molar-refractivity contribution < 1.29 is 9.85 Å². The number of halogens is 2. The molecule has 0 bridgehead atoms. The first kappa shape index (κ1) is 21.0. The van der Waals surface area contributed by atoms with Gasteiger partial charge in [0.25, 0.3) is 0 Å². The molecule has 0 saturated heterocycles. The van der Waals surface area contributed by atoms with Crippen molar-refractivity contribution in [1.82, 2.24) is 19.1 Å². The van der Waals surface area contributed by atoms with Crippen molar-refractivity contribution in [3.8, 4) is 0 Å². The zero-order valence-corrected chi connectivity index (χ0v) is 15.2. The van der Waals surface area contributed by atoms with E-state index in [-0.39, 0.29) is 25.9 Å². The van der Waals surface area contributed by atoms with Crippen molar-refractivity contribution >= 4 is 34.6 Å². The summed E-state index contributed by atoms with van der Waals surface area (Å²) < 4.78 is 1.53. The van der Waals surface area contributed by atoms with Crippen LogP contribution < -0.4 is 22.5 Å². The number of hydrogen-bond donors (Lipinski definition) is 2. The molecule has 0 unspecified atom stereocenters. The normalized spacial score (nSPS) is 10.8. The smallest absolute Gasteiger partial charge is 0.278 e. The highest BCUT2D eigenvalue weighted by molar-refractivity contribution is 6.31. The molecule has 0 spiro atoms. The summed E-state index contributed by atoms with van der Waals surface area (Å²) in [5.41, 5.74) is -6.38. The third-order valence-electron chi connectivity index (χ3n) is 3.60. The summed E-state index contributed by atoms with van der Waals surface area (Å²) in [6.45, 7) is -0.319. The Morgan fingerprint density at radius 3 is 1.36 bits per heavy atom. The van der Waals surface area contributed by atoms with E-state index in [0.717, 1.165) is 9.13 Å². The first-order valence-electron chi connectivity index (χ1n) is 7.40. The average Bonchev–Trinajstić information content (AvgIpc) is 2.54. The highest BCUT2D eigenvalue weighted by atomic mass is 35.5. The van der Waals surface area contributed by atoms with Crippen LogP contribution in [0, 0.1) is 20.2 Å². The summed E-state index contributed by atoms with van der Waals surface area (Å²) in [6.07, 6.45) is 0.247. The molecule has 2 aromatic heterocycles. The van der Waals surface area contributed by atoms with E-state index in [9.17, 15) is 39.4 Å². The van der Waals surface area contributed by atoms with Gasteiger partial charge in [0, 0.05) is 13.1 Å². The molecular formula is C12H10Cl2N6O8. The van der Waals surface area contributed by atoms with Crippen LogP contribution in [0.15, 0.2) is 19.2 Å². The fraction of sp³-hybridized carbons (Fsp3) is 0.333. The SMILES string of the molecule is O=c1[nH]c(=O)n(CCCCn2c(Cl)c([N+](=O)[O-])c(=O)[nH]c2=O)c(Cl)c1[N+](=O)[O-]. The summed E-state index contributed by atoms with van der Waals surface area (Å²) in [5.74, 6) is 0. The molecule has 2 rings (SSSR count). The fourth-order valence-corrected chi connectivity index (χ4v) is 2.96. The molecule has 2 N–H and O–H groups in total. The number of nitrogens with zero attached hydrogens (tertiary/aromatic N) is 4. The van der Waals surface area contributed by atoms with E-state index in [1.165, 1.54) is 0 Å². The van der Waals surface area contributed by atoms with Crippen LogP contribution in [0.5, 0.6) is 0 Å². The van der Waals surface area contributed by atoms with Gasteiger partial charge in [-0.3, -0.25) is 48.9 Å². The molecule has 150 valence electrons. The molecular weight excluding hydrogens is 427 g/mol. The number of hydrogen-bond acceptors (Lipinski definition) is 8. The second-order valence-electron chi connectivity index (χ2n) is 5.32. The molecule has 0 atom stereocenters. The lowest BCUT2D eigenvalue weighted by Crippen LogP contribution is -2.33. The van der Waals surface area contributed by atoms with Crippen LogP contribution in [-0.4, -0.2) is 28.9 Å². The predicted molar refractivity (Wildman–Crippen MR) is 95.2 cm³/mol. The molecule has 0 aliphatic rings. The van der Waals surface area contributed by atoms with E-state index in [0.29, 0.717) is 0 Å². The van der Waals surface area contributed by atoms with Crippen molar-refractivity contribution in [1.29, 1.82) is 0 Å². The van der Waals surface area contributed by atoms with E-state index in [1.54, 1.807) is 9.97 Å². The first-order valence-corrected chi connectivity index (χ1v) is 8.15. The van der Waals surface area contributed by atoms with Gasteiger partial charge in [0.2, 0.25) is 0 Å². The second-order valence-corrected chi connectivity index (χ2v) is 6.04. The highest BCUT2D eigenvalue weighted by Crippen LogP contribution is 2.19. The van der Waals surface area contributed by atoms with Gasteiger partial charge < -0.3 is 0 Å². The summed E-state index contributed by atoms with van der Waals surface area (Å²) >= 11 is 11.5. The molecule has 16 heteroatoms. The number of nitro groups is 2. The van der Waals surface area contributed by atoms with Gasteiger partial charge >= 0.3 is 33.9 Å². The summed E-state index contributed by atoms with van der Waals surface area (Å²) in [5, 5.41) is 20.4. The van der Waals surface area contributed by atoms with Gasteiger partial charge in [0.05, 0.1) is 9.85 Å². The Bertz CT molecular complexity index is 1100. The number of rotatable bonds is 7. The molecule has 0 aliphatic heterocycles. The van der Waals surface area contributed by atoms with Gasteiger partial charge in [0.1, 0.15) is 0 Å². The lowest BCUT2D eigenvalue weighted by molar-refractivity contribution is -0.386. The van der Waals surface area contributed by atoms with E-state index in [2.05, 4.69) is 0 Å². The molecule has 0 aromatic carbocycles. The molecule has 0 aliphatic carbocycles. The van der Waals surface area contributed by atoms with Crippen molar-refractivity contribution in [3.05, 3.63) is 72.2 Å². The Hall–Kier alpha value is -3.26. The van der Waals surface area contributed by atoms with Gasteiger partial charge in [-0.05, 0) is 12.8 Å². The van der Waals surface area contributed by atoms with Crippen LogP contribution in [0.25, 0.3) is 0 Å². The molecule has 28 heavy (non-hydrogen) atoms. The Labute approximate surface area is 162 Å². The van der Waals surface area contributed by atoms with Crippen LogP contribution in [-0.2, 0) is 13.1 Å². The van der Waals surface area contributed by atoms with Crippen LogP contribution in [0.4, 0.5) is 11.4 Å². The Kier molecular flexibility index (Phi) is 6.15. The molecule has 14 nitrogen and oxygen atoms in total. The van der Waals surface area contributed by atoms with E-state index < -0.39 is 54.0 Å². The van der Waals surface area contributed by atoms with Gasteiger partial charge in [-0.25, -0.2) is 9.59 Å². The van der Waals surface area contributed by atoms with Crippen molar-refractivity contribution in [2.45, 2.75) is 25.9 Å². The largest absolute Gasteiger partial charge is 0.369 e. The van der Waals surface area contributed by atoms with E-state index in [1.807, 2.05) is 0 Å². The maximum absolute atomic E-state index is 11.8. The summed E-state index contributed by atoms with van der Waals surface area (Å²) in [6, 6.07) is 0. The van der Waals surface area contributed by atoms with E-state index >= 15 is 0 Å². The number of unbranched alkanes of at least 4 members (excludes halogenated alkanes) is 1. The van der Waals surface area contributed by atoms with Gasteiger partial charge in [-0.2, -0.15) is 0 Å². The van der Waals surface area contributed by atoms with Crippen LogP contribution in [0.3, 0.4) is 0 Å². The van der Waals surface area contributed by atoms with Crippen molar-refractivity contribution in [3.63, 3.8) is 0 Å². The summed E-state index contributed by atoms with van der Waals surface area (Å²) in [7, 11) is 0. The third-order valence-corrected chi connectivity index (χ3v) is 4.37. The predicted octanol–water partition coefficient (Wildman–Crippen LogP) is -0.00980. The molecule has 0 saturated carbocycles. The van der Waals surface area contributed by atoms with Gasteiger partial charge in [-0.15, -0.1) is 0 Å². The minimum atomic E-state index is -1.24. The average molecular weight is 437 g/mol. The monoisotopic (exact) mass is 436 g/mol. The lowest BCUT2D eigenvalue weighted by Gasteiger charge is -2.09. The lowest BCUT2D eigenvalue weighted by atomic mass is 10.3. The quantitative estimate of drug-likeness (QED) is 0.261. The van der Waals surface area contributed by atoms with Crippen molar-refractivity contribution in [2.75, 3.05) is 0 Å². The maximum atomic E-state index is 11.8. The fourth-order valence-electron chi connectivity index (χ4n) is 2.32. The first-order chi connectivity index (χ1) is 13.1. The number of aromatic nitrogens is 4. The second kappa shape index (κ2) is 8.18. The summed E-state index contributed by atoms with van der Waals surface area (Å²) in [4.78, 5) is 69.6. The highest BCUT2D eigenvalue weighted by Gasteiger charge is 2.24. The molecule has 0 amide bonds. The van der Waals surface area contributed by atoms with Crippen LogP contribution >= 0.6 is 23.2 Å². The minimum Gasteiger partial charge on any atom is -0.278 e. The zero-order chi connectivity index (χ0) is 21.2. The van der Waals surface area contributed by atoms with Gasteiger partial charge in [0.15, 0.2) is 10.3 Å². The standard InChI is InChI=1S/C12H10Cl2N6O8/c13-7-5(19(25)26)9(21)15-11(23)17(7)3-1-2-4-18-8(14)6(20(27)28)10(22)16-12(18)24/h1-4H2,(H,15,21,23)(H,16,22,24). The number of aromatic amines is 2. The van der Waals surface area contributed by atoms with Crippen molar-refractivity contribution in [2.24, 2.45) is 0 Å². The van der Waals surface area contributed by atoms with Gasteiger partial charge in [-0.1, -0.05) is 23.2 Å². The molecule has 2 aromatic rings. The molecule has 0 fully saturated rings. The Morgan fingerprint density at radius 1 is 0.750 bits per heavy atom. The minimum absolute atomic E-state index is 0.124. The van der Waals surface area contributed by atoms with E-state index in [4.69, 9.17) is 23.2 Å². The Balaban J connectivity index is 2.21. The maximum Gasteiger partial charge on any atom is 0.369 e. The topological polar surface area (TPSA) is 196 Å². The Morgan fingerprint density at radius 2 is 1.07 bits per heavy atom. The van der Waals surface area contributed by atoms with Crippen LogP contribution in [0.2, 0.25) is 10.3 Å². The zero-order valence-electron chi connectivity index (χ0n) is 13.6. The number of nitrogens with one attached hydrogen (secondary N) is 2.